The largest absolute Gasteiger partial charge is 0.351 e. The Morgan fingerprint density at radius 1 is 1.25 bits per heavy atom. The molecule has 2 aromatic carbocycles. The van der Waals surface area contributed by atoms with E-state index in [1.807, 2.05) is 43.3 Å². The summed E-state index contributed by atoms with van der Waals surface area (Å²) in [6.45, 7) is 2.43. The van der Waals surface area contributed by atoms with Gasteiger partial charge in [0.25, 0.3) is 5.91 Å². The van der Waals surface area contributed by atoms with E-state index in [1.54, 1.807) is 12.1 Å². The molecule has 4 heteroatoms. The molecule has 1 unspecified atom stereocenters. The van der Waals surface area contributed by atoms with Gasteiger partial charge in [-0.2, -0.15) is 0 Å². The van der Waals surface area contributed by atoms with Crippen molar-refractivity contribution in [2.24, 2.45) is 0 Å². The summed E-state index contributed by atoms with van der Waals surface area (Å²) in [6.07, 6.45) is 0. The van der Waals surface area contributed by atoms with Crippen LogP contribution in [0.2, 0.25) is 5.02 Å². The molecule has 0 radical (unpaired) electrons. The van der Waals surface area contributed by atoms with E-state index in [-0.39, 0.29) is 10.7 Å². The van der Waals surface area contributed by atoms with Gasteiger partial charge < -0.3 is 5.32 Å². The van der Waals surface area contributed by atoms with Gasteiger partial charge in [-0.05, 0) is 30.2 Å². The van der Waals surface area contributed by atoms with E-state index in [1.165, 1.54) is 0 Å². The number of nitrogens with one attached hydrogen (secondary N) is 1. The molecule has 2 nitrogen and oxygen atoms in total. The molecule has 1 atom stereocenters. The van der Waals surface area contributed by atoms with Crippen LogP contribution in [-0.4, -0.2) is 12.5 Å². The van der Waals surface area contributed by atoms with Crippen LogP contribution in [0, 0.1) is 6.92 Å². The second kappa shape index (κ2) is 6.91. The molecule has 0 spiro atoms. The van der Waals surface area contributed by atoms with Gasteiger partial charge in [-0.15, -0.1) is 0 Å². The second-order valence-corrected chi connectivity index (χ2v) is 6.06. The fourth-order valence-corrected chi connectivity index (χ4v) is 2.45. The van der Waals surface area contributed by atoms with Gasteiger partial charge in [-0.1, -0.05) is 63.9 Å². The van der Waals surface area contributed by atoms with Crippen molar-refractivity contribution in [3.8, 4) is 0 Å². The average Bonchev–Trinajstić information content (AvgIpc) is 2.48. The fraction of sp³-hybridized carbons (Fsp3) is 0.188. The Morgan fingerprint density at radius 2 is 1.95 bits per heavy atom. The highest BCUT2D eigenvalue weighted by Crippen LogP contribution is 2.21. The Hall–Kier alpha value is -1.32. The Morgan fingerprint density at radius 3 is 2.60 bits per heavy atom. The minimum absolute atomic E-state index is 0.0913. The number of carbonyl (C=O) groups excluding carboxylic acids is 1. The van der Waals surface area contributed by atoms with Crippen LogP contribution in [0.15, 0.2) is 48.5 Å². The van der Waals surface area contributed by atoms with E-state index >= 15 is 0 Å². The Balaban J connectivity index is 1.97. The van der Waals surface area contributed by atoms with Crippen molar-refractivity contribution in [2.45, 2.75) is 11.8 Å². The first-order valence-corrected chi connectivity index (χ1v) is 7.60. The maximum Gasteiger partial charge on any atom is 0.251 e. The van der Waals surface area contributed by atoms with Crippen molar-refractivity contribution in [1.29, 1.82) is 0 Å². The highest BCUT2D eigenvalue weighted by molar-refractivity contribution is 9.09. The average molecular weight is 353 g/mol. The van der Waals surface area contributed by atoms with E-state index in [2.05, 4.69) is 21.2 Å². The van der Waals surface area contributed by atoms with Gasteiger partial charge in [-0.3, -0.25) is 4.79 Å². The molecule has 0 bridgehead atoms. The van der Waals surface area contributed by atoms with Crippen LogP contribution in [0.3, 0.4) is 0 Å². The van der Waals surface area contributed by atoms with Crippen molar-refractivity contribution < 1.29 is 4.79 Å². The van der Waals surface area contributed by atoms with Gasteiger partial charge in [-0.25, -0.2) is 0 Å². The highest BCUT2D eigenvalue weighted by atomic mass is 79.9. The lowest BCUT2D eigenvalue weighted by Crippen LogP contribution is -2.26. The SMILES string of the molecule is Cc1ccc(C(=O)NCC(Br)c2ccccc2)cc1Cl. The zero-order valence-corrected chi connectivity index (χ0v) is 13.4. The Labute approximate surface area is 132 Å². The monoisotopic (exact) mass is 351 g/mol. The smallest absolute Gasteiger partial charge is 0.251 e. The third-order valence-electron chi connectivity index (χ3n) is 3.04. The van der Waals surface area contributed by atoms with Gasteiger partial charge in [0.1, 0.15) is 0 Å². The Kier molecular flexibility index (Phi) is 5.21. The normalized spacial score (nSPS) is 11.9. The van der Waals surface area contributed by atoms with Crippen molar-refractivity contribution in [3.63, 3.8) is 0 Å². The lowest BCUT2D eigenvalue weighted by atomic mass is 10.1. The predicted molar refractivity (Wildman–Crippen MR) is 86.6 cm³/mol. The molecule has 1 N–H and O–H groups in total. The molecule has 2 aromatic rings. The van der Waals surface area contributed by atoms with Crippen LogP contribution < -0.4 is 5.32 Å². The molecular formula is C16H15BrClNO. The maximum absolute atomic E-state index is 12.1. The molecule has 0 aromatic heterocycles. The molecule has 0 aliphatic rings. The number of hydrogen-bond acceptors (Lipinski definition) is 1. The highest BCUT2D eigenvalue weighted by Gasteiger charge is 2.11. The summed E-state index contributed by atoms with van der Waals surface area (Å²) in [5.41, 5.74) is 2.67. The topological polar surface area (TPSA) is 29.1 Å². The number of carbonyl (C=O) groups is 1. The summed E-state index contributed by atoms with van der Waals surface area (Å²) < 4.78 is 0. The summed E-state index contributed by atoms with van der Waals surface area (Å²) in [7, 11) is 0. The van der Waals surface area contributed by atoms with Crippen molar-refractivity contribution in [3.05, 3.63) is 70.2 Å². The van der Waals surface area contributed by atoms with Crippen molar-refractivity contribution in [2.75, 3.05) is 6.54 Å². The second-order valence-electron chi connectivity index (χ2n) is 4.55. The van der Waals surface area contributed by atoms with Gasteiger partial charge in [0.05, 0.1) is 4.83 Å². The lowest BCUT2D eigenvalue weighted by Gasteiger charge is -2.12. The molecule has 0 aliphatic carbocycles. The van der Waals surface area contributed by atoms with E-state index in [4.69, 9.17) is 11.6 Å². The molecule has 0 heterocycles. The zero-order valence-electron chi connectivity index (χ0n) is 11.1. The lowest BCUT2D eigenvalue weighted by molar-refractivity contribution is 0.0954. The van der Waals surface area contributed by atoms with Crippen LogP contribution in [-0.2, 0) is 0 Å². The number of aryl methyl sites for hydroxylation is 1. The van der Waals surface area contributed by atoms with Crippen molar-refractivity contribution >= 4 is 33.4 Å². The van der Waals surface area contributed by atoms with Crippen LogP contribution in [0.25, 0.3) is 0 Å². The summed E-state index contributed by atoms with van der Waals surface area (Å²) in [5.74, 6) is -0.118. The van der Waals surface area contributed by atoms with Gasteiger partial charge in [0.2, 0.25) is 0 Å². The first-order chi connectivity index (χ1) is 9.58. The first-order valence-electron chi connectivity index (χ1n) is 6.31. The quantitative estimate of drug-likeness (QED) is 0.806. The minimum atomic E-state index is -0.118. The van der Waals surface area contributed by atoms with E-state index < -0.39 is 0 Å². The summed E-state index contributed by atoms with van der Waals surface area (Å²) in [6, 6.07) is 15.3. The summed E-state index contributed by atoms with van der Waals surface area (Å²) >= 11 is 9.60. The minimum Gasteiger partial charge on any atom is -0.351 e. The number of hydrogen-bond donors (Lipinski definition) is 1. The molecular weight excluding hydrogens is 338 g/mol. The third-order valence-corrected chi connectivity index (χ3v) is 4.30. The molecule has 0 fully saturated rings. The maximum atomic E-state index is 12.1. The van der Waals surface area contributed by atoms with Crippen LogP contribution >= 0.6 is 27.5 Å². The van der Waals surface area contributed by atoms with Crippen molar-refractivity contribution in [1.82, 2.24) is 5.32 Å². The summed E-state index contributed by atoms with van der Waals surface area (Å²) in [4.78, 5) is 12.1. The zero-order chi connectivity index (χ0) is 14.5. The molecule has 104 valence electrons. The molecule has 2 rings (SSSR count). The first kappa shape index (κ1) is 15.1. The van der Waals surface area contributed by atoms with Gasteiger partial charge in [0.15, 0.2) is 0 Å². The Bertz CT molecular complexity index is 601. The fourth-order valence-electron chi connectivity index (χ4n) is 1.80. The standard InChI is InChI=1S/C16H15BrClNO/c1-11-7-8-13(9-15(11)18)16(20)19-10-14(17)12-5-3-2-4-6-12/h2-9,14H,10H2,1H3,(H,19,20). The van der Waals surface area contributed by atoms with E-state index in [0.29, 0.717) is 17.1 Å². The van der Waals surface area contributed by atoms with E-state index in [9.17, 15) is 4.79 Å². The molecule has 0 saturated heterocycles. The number of amides is 1. The predicted octanol–water partition coefficient (Wildman–Crippen LogP) is 4.51. The van der Waals surface area contributed by atoms with E-state index in [0.717, 1.165) is 11.1 Å². The number of halogens is 2. The number of alkyl halides is 1. The molecule has 0 saturated carbocycles. The third kappa shape index (κ3) is 3.84. The van der Waals surface area contributed by atoms with Crippen LogP contribution in [0.4, 0.5) is 0 Å². The molecule has 0 aliphatic heterocycles. The molecule has 1 amide bonds. The van der Waals surface area contributed by atoms with Crippen LogP contribution in [0.1, 0.15) is 26.3 Å². The van der Waals surface area contributed by atoms with Gasteiger partial charge >= 0.3 is 0 Å². The molecule has 20 heavy (non-hydrogen) atoms. The number of rotatable bonds is 4. The number of benzene rings is 2. The van der Waals surface area contributed by atoms with Gasteiger partial charge in [0, 0.05) is 17.1 Å². The van der Waals surface area contributed by atoms with Crippen LogP contribution in [0.5, 0.6) is 0 Å². The summed E-state index contributed by atoms with van der Waals surface area (Å²) in [5, 5.41) is 3.51.